The Morgan fingerprint density at radius 2 is 2.10 bits per heavy atom. The van der Waals surface area contributed by atoms with E-state index in [2.05, 4.69) is 0 Å². The summed E-state index contributed by atoms with van der Waals surface area (Å²) in [5.74, 6) is -2.66. The average molecular weight is 284 g/mol. The number of nitrogens with zero attached hydrogens (tertiary/aromatic N) is 1. The van der Waals surface area contributed by atoms with Gasteiger partial charge in [-0.05, 0) is 19.1 Å². The predicted octanol–water partition coefficient (Wildman–Crippen LogP) is -0.0919. The van der Waals surface area contributed by atoms with Gasteiger partial charge in [0.25, 0.3) is 0 Å². The number of nitro groups is 1. The predicted molar refractivity (Wildman–Crippen MR) is 65.4 cm³/mol. The van der Waals surface area contributed by atoms with Gasteiger partial charge in [-0.25, -0.2) is 4.79 Å². The molecule has 0 bridgehead atoms. The van der Waals surface area contributed by atoms with Crippen molar-refractivity contribution in [1.29, 1.82) is 0 Å². The summed E-state index contributed by atoms with van der Waals surface area (Å²) >= 11 is 0. The van der Waals surface area contributed by atoms with Crippen molar-refractivity contribution in [3.05, 3.63) is 33.9 Å². The summed E-state index contributed by atoms with van der Waals surface area (Å²) in [6.45, 7) is 0.290. The van der Waals surface area contributed by atoms with Gasteiger partial charge in [-0.15, -0.1) is 0 Å². The van der Waals surface area contributed by atoms with E-state index >= 15 is 0 Å². The number of aliphatic hydroxyl groups is 1. The second-order valence-electron chi connectivity index (χ2n) is 4.17. The number of nitrogens with two attached hydrogens (primary N) is 1. The van der Waals surface area contributed by atoms with Gasteiger partial charge in [0.1, 0.15) is 6.61 Å². The van der Waals surface area contributed by atoms with Crippen LogP contribution in [0.15, 0.2) is 18.2 Å². The standard InChI is InChI=1S/C11H12N2O7/c1-11(17,10(15)16)5-20-8-3-2-6(9(12)14)4-7(8)13(18)19/h2-4,17H,5H2,1H3,(H2,12,14)(H,15,16). The molecule has 0 radical (unpaired) electrons. The SMILES string of the molecule is CC(O)(COc1ccc(C(N)=O)cc1[N+](=O)[O-])C(=O)O. The molecule has 9 nitrogen and oxygen atoms in total. The molecular formula is C11H12N2O7. The highest BCUT2D eigenvalue weighted by atomic mass is 16.6. The molecule has 0 saturated carbocycles. The summed E-state index contributed by atoms with van der Waals surface area (Å²) in [5.41, 5.74) is 2.16. The lowest BCUT2D eigenvalue weighted by molar-refractivity contribution is -0.386. The maximum Gasteiger partial charge on any atom is 0.339 e. The zero-order valence-electron chi connectivity index (χ0n) is 10.4. The topological polar surface area (TPSA) is 153 Å². The summed E-state index contributed by atoms with van der Waals surface area (Å²) in [6.07, 6.45) is 0. The normalized spacial score (nSPS) is 13.3. The Labute approximate surface area is 112 Å². The Kier molecular flexibility index (Phi) is 4.25. The third kappa shape index (κ3) is 3.42. The van der Waals surface area contributed by atoms with E-state index in [9.17, 15) is 24.8 Å². The van der Waals surface area contributed by atoms with Crippen LogP contribution in [0.3, 0.4) is 0 Å². The van der Waals surface area contributed by atoms with Crippen LogP contribution >= 0.6 is 0 Å². The van der Waals surface area contributed by atoms with E-state index in [1.54, 1.807) is 0 Å². The lowest BCUT2D eigenvalue weighted by Gasteiger charge is -2.18. The molecule has 1 rings (SSSR count). The summed E-state index contributed by atoms with van der Waals surface area (Å²) in [7, 11) is 0. The van der Waals surface area contributed by atoms with E-state index in [4.69, 9.17) is 15.6 Å². The molecule has 108 valence electrons. The largest absolute Gasteiger partial charge is 0.483 e. The lowest BCUT2D eigenvalue weighted by atomic mass is 10.1. The fourth-order valence-electron chi connectivity index (χ4n) is 1.22. The average Bonchev–Trinajstić information content (AvgIpc) is 2.35. The highest BCUT2D eigenvalue weighted by molar-refractivity contribution is 5.93. The molecule has 1 unspecified atom stereocenters. The molecule has 1 atom stereocenters. The zero-order chi connectivity index (χ0) is 15.5. The number of hydrogen-bond acceptors (Lipinski definition) is 6. The molecule has 20 heavy (non-hydrogen) atoms. The molecule has 1 amide bonds. The van der Waals surface area contributed by atoms with Gasteiger partial charge in [0.05, 0.1) is 4.92 Å². The molecule has 0 spiro atoms. The first-order valence-corrected chi connectivity index (χ1v) is 5.32. The van der Waals surface area contributed by atoms with Crippen LogP contribution in [-0.2, 0) is 4.79 Å². The maximum atomic E-state index is 10.9. The molecule has 0 aromatic heterocycles. The molecule has 1 aromatic carbocycles. The first kappa shape index (κ1) is 15.4. The maximum absolute atomic E-state index is 10.9. The molecule has 9 heteroatoms. The van der Waals surface area contributed by atoms with Gasteiger partial charge in [-0.3, -0.25) is 14.9 Å². The molecule has 0 aliphatic heterocycles. The molecule has 1 aromatic rings. The minimum absolute atomic E-state index is 0.0888. The van der Waals surface area contributed by atoms with Crippen LogP contribution in [0.25, 0.3) is 0 Å². The summed E-state index contributed by atoms with van der Waals surface area (Å²) in [4.78, 5) is 31.7. The van der Waals surface area contributed by atoms with Gasteiger partial charge in [-0.1, -0.05) is 0 Å². The number of ether oxygens (including phenoxy) is 1. The Morgan fingerprint density at radius 3 is 2.55 bits per heavy atom. The summed E-state index contributed by atoms with van der Waals surface area (Å²) in [5, 5.41) is 29.0. The van der Waals surface area contributed by atoms with Gasteiger partial charge in [0.2, 0.25) is 5.91 Å². The van der Waals surface area contributed by atoms with Crippen molar-refractivity contribution in [2.45, 2.75) is 12.5 Å². The fourth-order valence-corrected chi connectivity index (χ4v) is 1.22. The van der Waals surface area contributed by atoms with E-state index in [1.807, 2.05) is 0 Å². The van der Waals surface area contributed by atoms with Crippen LogP contribution in [-0.4, -0.2) is 39.2 Å². The molecular weight excluding hydrogens is 272 g/mol. The van der Waals surface area contributed by atoms with Gasteiger partial charge in [0, 0.05) is 11.6 Å². The first-order valence-electron chi connectivity index (χ1n) is 5.32. The number of aliphatic carboxylic acids is 1. The number of primary amides is 1. The van der Waals surface area contributed by atoms with E-state index in [1.165, 1.54) is 6.07 Å². The van der Waals surface area contributed by atoms with Gasteiger partial charge >= 0.3 is 11.7 Å². The van der Waals surface area contributed by atoms with Crippen molar-refractivity contribution < 1.29 is 29.5 Å². The second kappa shape index (κ2) is 5.53. The van der Waals surface area contributed by atoms with Gasteiger partial charge in [0.15, 0.2) is 11.4 Å². The highest BCUT2D eigenvalue weighted by Gasteiger charge is 2.32. The minimum atomic E-state index is -2.20. The molecule has 4 N–H and O–H groups in total. The Balaban J connectivity index is 3.04. The second-order valence-corrected chi connectivity index (χ2v) is 4.17. The Bertz CT molecular complexity index is 568. The third-order valence-corrected chi connectivity index (χ3v) is 2.41. The highest BCUT2D eigenvalue weighted by Crippen LogP contribution is 2.28. The van der Waals surface area contributed by atoms with Crippen LogP contribution in [0, 0.1) is 10.1 Å². The van der Waals surface area contributed by atoms with Crippen molar-refractivity contribution in [2.24, 2.45) is 5.73 Å². The Morgan fingerprint density at radius 1 is 1.50 bits per heavy atom. The Hall–Kier alpha value is -2.68. The molecule has 0 fully saturated rings. The van der Waals surface area contributed by atoms with E-state index < -0.39 is 34.7 Å². The van der Waals surface area contributed by atoms with Crippen LogP contribution < -0.4 is 10.5 Å². The first-order chi connectivity index (χ1) is 9.15. The number of carbonyl (C=O) groups excluding carboxylic acids is 1. The third-order valence-electron chi connectivity index (χ3n) is 2.41. The molecule has 0 heterocycles. The van der Waals surface area contributed by atoms with Crippen molar-refractivity contribution >= 4 is 17.6 Å². The minimum Gasteiger partial charge on any atom is -0.483 e. The van der Waals surface area contributed by atoms with E-state index in [0.717, 1.165) is 19.1 Å². The smallest absolute Gasteiger partial charge is 0.339 e. The number of rotatable bonds is 6. The van der Waals surface area contributed by atoms with E-state index in [0.29, 0.717) is 0 Å². The number of carboxylic acid groups (broad SMARTS) is 1. The fraction of sp³-hybridized carbons (Fsp3) is 0.273. The number of carboxylic acids is 1. The van der Waals surface area contributed by atoms with Gasteiger partial charge < -0.3 is 20.7 Å². The monoisotopic (exact) mass is 284 g/mol. The van der Waals surface area contributed by atoms with Crippen molar-refractivity contribution in [2.75, 3.05) is 6.61 Å². The van der Waals surface area contributed by atoms with Crippen LogP contribution in [0.1, 0.15) is 17.3 Å². The van der Waals surface area contributed by atoms with Crippen LogP contribution in [0.5, 0.6) is 5.75 Å². The number of nitro benzene ring substituents is 1. The lowest BCUT2D eigenvalue weighted by Crippen LogP contribution is -2.41. The number of benzene rings is 1. The molecule has 0 saturated heterocycles. The zero-order valence-corrected chi connectivity index (χ0v) is 10.4. The van der Waals surface area contributed by atoms with Crippen LogP contribution in [0.2, 0.25) is 0 Å². The molecule has 0 aliphatic carbocycles. The van der Waals surface area contributed by atoms with Crippen molar-refractivity contribution in [3.63, 3.8) is 0 Å². The number of hydrogen-bond donors (Lipinski definition) is 3. The number of amides is 1. The van der Waals surface area contributed by atoms with Crippen LogP contribution in [0.4, 0.5) is 5.69 Å². The number of carbonyl (C=O) groups is 2. The van der Waals surface area contributed by atoms with Gasteiger partial charge in [-0.2, -0.15) is 0 Å². The van der Waals surface area contributed by atoms with E-state index in [-0.39, 0.29) is 11.3 Å². The van der Waals surface area contributed by atoms with Crippen molar-refractivity contribution in [1.82, 2.24) is 0 Å². The quantitative estimate of drug-likeness (QED) is 0.487. The summed E-state index contributed by atoms with van der Waals surface area (Å²) in [6, 6.07) is 3.21. The molecule has 0 aliphatic rings. The summed E-state index contributed by atoms with van der Waals surface area (Å²) < 4.78 is 4.93. The van der Waals surface area contributed by atoms with Crippen molar-refractivity contribution in [3.8, 4) is 5.75 Å².